The van der Waals surface area contributed by atoms with Crippen molar-refractivity contribution in [3.63, 3.8) is 0 Å². The highest BCUT2D eigenvalue weighted by Gasteiger charge is 2.19. The first kappa shape index (κ1) is 75.3. The number of allylic oxidation sites excluding steroid dienone is 24. The van der Waals surface area contributed by atoms with Gasteiger partial charge in [-0.3, -0.25) is 14.4 Å². The number of carbonyl (C=O) groups excluding carboxylic acids is 3. The standard InChI is InChI=1S/C74H120O6/c1-4-7-10-13-16-19-21-23-25-27-29-31-33-34-35-36-37-38-39-40-42-43-45-47-49-51-53-55-58-61-64-67-73(76)79-70-71(69-78-72(75)66-63-60-57-18-15-12-9-6-3)80-74(77)68-65-62-59-56-54-52-50-48-46-44-41-32-30-28-26-24-22-20-17-14-11-8-5-2/h7-8,10-11,16-17,19-20,23-26,29-32,34-35,44,46,50,52,56,59,71H,4-6,9,12-15,18,21-22,27-28,33,36-43,45,47-49,51,53-55,57-58,60-70H2,1-3H3/b10-7-,11-8-,19-16-,20-17-,25-23-,26-24-,31-29-,32-30-,35-34-,46-44-,52-50-,59-56-. The topological polar surface area (TPSA) is 78.9 Å². The Balaban J connectivity index is 4.23. The van der Waals surface area contributed by atoms with E-state index in [0.29, 0.717) is 19.3 Å². The first-order chi connectivity index (χ1) is 39.5. The summed E-state index contributed by atoms with van der Waals surface area (Å²) in [6, 6.07) is 0. The van der Waals surface area contributed by atoms with E-state index in [0.717, 1.165) is 122 Å². The largest absolute Gasteiger partial charge is 0.462 e. The average Bonchev–Trinajstić information content (AvgIpc) is 3.46. The van der Waals surface area contributed by atoms with Crippen molar-refractivity contribution >= 4 is 17.9 Å². The second-order valence-corrected chi connectivity index (χ2v) is 21.3. The van der Waals surface area contributed by atoms with Gasteiger partial charge in [0.05, 0.1) is 0 Å². The lowest BCUT2D eigenvalue weighted by Gasteiger charge is -2.18. The van der Waals surface area contributed by atoms with Crippen LogP contribution in [0.3, 0.4) is 0 Å². The van der Waals surface area contributed by atoms with Crippen LogP contribution in [-0.4, -0.2) is 37.2 Å². The Morgan fingerprint density at radius 3 is 0.800 bits per heavy atom. The van der Waals surface area contributed by atoms with Crippen molar-refractivity contribution < 1.29 is 28.6 Å². The molecule has 1 unspecified atom stereocenters. The molecule has 0 bridgehead atoms. The minimum absolute atomic E-state index is 0.103. The molecule has 452 valence electrons. The number of rotatable bonds is 58. The summed E-state index contributed by atoms with van der Waals surface area (Å²) in [6.45, 7) is 6.34. The van der Waals surface area contributed by atoms with E-state index in [2.05, 4.69) is 167 Å². The Morgan fingerprint density at radius 1 is 0.263 bits per heavy atom. The number of carbonyl (C=O) groups is 3. The molecule has 0 saturated heterocycles. The minimum atomic E-state index is -0.811. The molecule has 0 aliphatic carbocycles. The predicted molar refractivity (Wildman–Crippen MR) is 348 cm³/mol. The molecule has 0 aromatic carbocycles. The fourth-order valence-electron chi connectivity index (χ4n) is 8.75. The highest BCUT2D eigenvalue weighted by molar-refractivity contribution is 5.71. The molecule has 0 aromatic heterocycles. The van der Waals surface area contributed by atoms with Crippen LogP contribution in [-0.2, 0) is 28.6 Å². The van der Waals surface area contributed by atoms with E-state index >= 15 is 0 Å². The van der Waals surface area contributed by atoms with E-state index in [4.69, 9.17) is 14.2 Å². The molecule has 0 amide bonds. The van der Waals surface area contributed by atoms with Crippen molar-refractivity contribution in [3.8, 4) is 0 Å². The van der Waals surface area contributed by atoms with Gasteiger partial charge in [-0.2, -0.15) is 0 Å². The third kappa shape index (κ3) is 64.1. The number of hydrogen-bond acceptors (Lipinski definition) is 6. The van der Waals surface area contributed by atoms with Crippen LogP contribution in [0.25, 0.3) is 0 Å². The molecule has 0 heterocycles. The summed E-state index contributed by atoms with van der Waals surface area (Å²) in [6.07, 6.45) is 96.0. The minimum Gasteiger partial charge on any atom is -0.462 e. The molecule has 0 aliphatic rings. The van der Waals surface area contributed by atoms with Gasteiger partial charge in [-0.1, -0.05) is 295 Å². The Hall–Kier alpha value is -4.71. The Morgan fingerprint density at radius 2 is 0.500 bits per heavy atom. The smallest absolute Gasteiger partial charge is 0.306 e. The number of esters is 3. The molecule has 0 rings (SSSR count). The van der Waals surface area contributed by atoms with Crippen molar-refractivity contribution in [1.29, 1.82) is 0 Å². The van der Waals surface area contributed by atoms with Crippen molar-refractivity contribution in [2.24, 2.45) is 0 Å². The van der Waals surface area contributed by atoms with E-state index in [1.807, 2.05) is 0 Å². The van der Waals surface area contributed by atoms with Crippen molar-refractivity contribution in [3.05, 3.63) is 146 Å². The Labute approximate surface area is 493 Å². The van der Waals surface area contributed by atoms with Crippen LogP contribution in [0, 0.1) is 0 Å². The highest BCUT2D eigenvalue weighted by Crippen LogP contribution is 2.16. The lowest BCUT2D eigenvalue weighted by Crippen LogP contribution is -2.30. The van der Waals surface area contributed by atoms with E-state index in [1.54, 1.807) is 0 Å². The molecule has 6 nitrogen and oxygen atoms in total. The summed E-state index contributed by atoms with van der Waals surface area (Å²) < 4.78 is 16.8. The van der Waals surface area contributed by atoms with Gasteiger partial charge in [-0.05, 0) is 116 Å². The first-order valence-corrected chi connectivity index (χ1v) is 32.8. The van der Waals surface area contributed by atoms with Crippen molar-refractivity contribution in [1.82, 2.24) is 0 Å². The lowest BCUT2D eigenvalue weighted by atomic mass is 10.0. The van der Waals surface area contributed by atoms with Crippen LogP contribution in [0.2, 0.25) is 0 Å². The Kier molecular flexibility index (Phi) is 62.9. The fraction of sp³-hybridized carbons (Fsp3) is 0.635. The summed E-state index contributed by atoms with van der Waals surface area (Å²) in [7, 11) is 0. The van der Waals surface area contributed by atoms with E-state index in [9.17, 15) is 14.4 Å². The number of hydrogen-bond donors (Lipinski definition) is 0. The zero-order chi connectivity index (χ0) is 57.8. The SMILES string of the molecule is CC/C=C\C/C=C\C/C=C\C/C=C\C/C=C\C/C=C\C/C=C\CCCC(=O)OC(COC(=O)CCCCCCCCCC)COC(=O)CCCCCCCCCCCCCCCCC/C=C\C/C=C\C/C=C\C/C=C\C/C=C\CC. The van der Waals surface area contributed by atoms with Crippen LogP contribution >= 0.6 is 0 Å². The van der Waals surface area contributed by atoms with Crippen LogP contribution < -0.4 is 0 Å². The van der Waals surface area contributed by atoms with E-state index in [-0.39, 0.29) is 37.5 Å². The van der Waals surface area contributed by atoms with Gasteiger partial charge in [-0.25, -0.2) is 0 Å². The maximum absolute atomic E-state index is 12.9. The highest BCUT2D eigenvalue weighted by atomic mass is 16.6. The molecule has 0 fully saturated rings. The molecular weight excluding hydrogens is 985 g/mol. The summed E-state index contributed by atoms with van der Waals surface area (Å²) in [4.78, 5) is 38.1. The second-order valence-electron chi connectivity index (χ2n) is 21.3. The monoisotopic (exact) mass is 1100 g/mol. The molecule has 80 heavy (non-hydrogen) atoms. The molecular formula is C74H120O6. The molecule has 6 heteroatoms. The van der Waals surface area contributed by atoms with E-state index < -0.39 is 6.10 Å². The molecule has 1 atom stereocenters. The molecule has 0 radical (unpaired) electrons. The van der Waals surface area contributed by atoms with Gasteiger partial charge in [-0.15, -0.1) is 0 Å². The maximum Gasteiger partial charge on any atom is 0.306 e. The van der Waals surface area contributed by atoms with Gasteiger partial charge in [0.15, 0.2) is 6.10 Å². The average molecular weight is 1110 g/mol. The summed E-state index contributed by atoms with van der Waals surface area (Å²) in [5.41, 5.74) is 0. The second kappa shape index (κ2) is 66.8. The van der Waals surface area contributed by atoms with Gasteiger partial charge in [0.2, 0.25) is 0 Å². The molecule has 0 saturated carbocycles. The number of unbranched alkanes of at least 4 members (excludes halogenated alkanes) is 23. The van der Waals surface area contributed by atoms with Crippen molar-refractivity contribution in [2.45, 2.75) is 290 Å². The summed E-state index contributed by atoms with van der Waals surface area (Å²) >= 11 is 0. The lowest BCUT2D eigenvalue weighted by molar-refractivity contribution is -0.167. The first-order valence-electron chi connectivity index (χ1n) is 32.8. The zero-order valence-electron chi connectivity index (χ0n) is 51.8. The van der Waals surface area contributed by atoms with Gasteiger partial charge >= 0.3 is 17.9 Å². The third-order valence-electron chi connectivity index (χ3n) is 13.6. The number of ether oxygens (including phenoxy) is 3. The van der Waals surface area contributed by atoms with Gasteiger partial charge in [0.25, 0.3) is 0 Å². The molecule has 0 spiro atoms. The normalized spacial score (nSPS) is 13.1. The molecule has 0 aromatic rings. The van der Waals surface area contributed by atoms with Gasteiger partial charge < -0.3 is 14.2 Å². The third-order valence-corrected chi connectivity index (χ3v) is 13.6. The van der Waals surface area contributed by atoms with Crippen LogP contribution in [0.15, 0.2) is 146 Å². The van der Waals surface area contributed by atoms with Crippen LogP contribution in [0.5, 0.6) is 0 Å². The van der Waals surface area contributed by atoms with Gasteiger partial charge in [0.1, 0.15) is 13.2 Å². The molecule has 0 N–H and O–H groups in total. The zero-order valence-corrected chi connectivity index (χ0v) is 51.8. The van der Waals surface area contributed by atoms with Crippen LogP contribution in [0.4, 0.5) is 0 Å². The maximum atomic E-state index is 12.9. The summed E-state index contributed by atoms with van der Waals surface area (Å²) in [5, 5.41) is 0. The predicted octanol–water partition coefficient (Wildman–Crippen LogP) is 22.7. The van der Waals surface area contributed by atoms with Crippen LogP contribution in [0.1, 0.15) is 284 Å². The van der Waals surface area contributed by atoms with Crippen molar-refractivity contribution in [2.75, 3.05) is 13.2 Å². The molecule has 0 aliphatic heterocycles. The quantitative estimate of drug-likeness (QED) is 0.0261. The van der Waals surface area contributed by atoms with E-state index in [1.165, 1.54) is 116 Å². The summed E-state index contributed by atoms with van der Waals surface area (Å²) in [5.74, 6) is -0.966. The Bertz CT molecular complexity index is 1750. The fourth-order valence-corrected chi connectivity index (χ4v) is 8.75. The van der Waals surface area contributed by atoms with Gasteiger partial charge in [0, 0.05) is 19.3 Å².